The largest absolute Gasteiger partial charge is 0.490 e. The van der Waals surface area contributed by atoms with Crippen LogP contribution in [-0.4, -0.2) is 40.7 Å². The lowest BCUT2D eigenvalue weighted by Gasteiger charge is -2.25. The maximum Gasteiger partial charge on any atom is 0.257 e. The van der Waals surface area contributed by atoms with Gasteiger partial charge in [0.05, 0.1) is 12.2 Å². The van der Waals surface area contributed by atoms with Crippen LogP contribution in [-0.2, 0) is 9.59 Å². The number of anilines is 1. The zero-order chi connectivity index (χ0) is 21.7. The molecular formula is C20H22N4O5S. The van der Waals surface area contributed by atoms with Crippen LogP contribution in [0.15, 0.2) is 40.8 Å². The molecule has 10 heteroatoms. The molecule has 0 aliphatic carbocycles. The maximum absolute atomic E-state index is 12.8. The van der Waals surface area contributed by atoms with Gasteiger partial charge in [-0.1, -0.05) is 23.9 Å². The highest BCUT2D eigenvalue weighted by atomic mass is 32.2. The molecule has 4 N–H and O–H groups in total. The summed E-state index contributed by atoms with van der Waals surface area (Å²) in [6.07, 6.45) is 1.78. The number of carbonyl (C=O) groups is 2. The molecule has 0 radical (unpaired) electrons. The molecule has 3 rings (SSSR count). The molecule has 0 spiro atoms. The Balaban J connectivity index is 2.01. The maximum atomic E-state index is 12.8. The molecule has 2 amide bonds. The average Bonchev–Trinajstić information content (AvgIpc) is 2.70. The van der Waals surface area contributed by atoms with Crippen molar-refractivity contribution in [2.45, 2.75) is 24.4 Å². The molecule has 1 aromatic heterocycles. The number of rotatable bonds is 9. The van der Waals surface area contributed by atoms with Gasteiger partial charge in [0, 0.05) is 18.1 Å². The predicted molar refractivity (Wildman–Crippen MR) is 113 cm³/mol. The number of ether oxygens (including phenoxy) is 2. The highest BCUT2D eigenvalue weighted by molar-refractivity contribution is 7.99. The molecule has 30 heavy (non-hydrogen) atoms. The smallest absolute Gasteiger partial charge is 0.257 e. The molecule has 2 aromatic rings. The van der Waals surface area contributed by atoms with Crippen molar-refractivity contribution in [3.8, 4) is 11.5 Å². The van der Waals surface area contributed by atoms with Gasteiger partial charge in [0.1, 0.15) is 5.82 Å². The summed E-state index contributed by atoms with van der Waals surface area (Å²) in [5, 5.41) is 3.09. The predicted octanol–water partition coefficient (Wildman–Crippen LogP) is 1.78. The topological polar surface area (TPSA) is 136 Å². The Morgan fingerprint density at radius 1 is 1.37 bits per heavy atom. The summed E-state index contributed by atoms with van der Waals surface area (Å²) in [6, 6.07) is 5.06. The standard InChI is InChI=1S/C20H22N4O5S/c1-3-7-30-20-23-18-17(19(27)24-20)12(9-16(26)22-18)11-5-6-13(29-10-15(21)25)14(8-11)28-4-2/h3,5-6,8,12H,1,4,7,9-10H2,2H3,(H2,21,25)(H2,22,23,24,26,27). The van der Waals surface area contributed by atoms with E-state index in [1.807, 2.05) is 6.92 Å². The van der Waals surface area contributed by atoms with Crippen LogP contribution < -0.4 is 26.1 Å². The molecular weight excluding hydrogens is 408 g/mol. The van der Waals surface area contributed by atoms with E-state index in [9.17, 15) is 14.4 Å². The van der Waals surface area contributed by atoms with Crippen LogP contribution in [0.1, 0.15) is 30.4 Å². The summed E-state index contributed by atoms with van der Waals surface area (Å²) in [7, 11) is 0. The molecule has 1 aliphatic heterocycles. The minimum absolute atomic E-state index is 0.0873. The number of fused-ring (bicyclic) bond motifs is 1. The molecule has 1 atom stereocenters. The van der Waals surface area contributed by atoms with E-state index in [0.717, 1.165) is 0 Å². The minimum Gasteiger partial charge on any atom is -0.490 e. The van der Waals surface area contributed by atoms with Gasteiger partial charge >= 0.3 is 0 Å². The van der Waals surface area contributed by atoms with Gasteiger partial charge in [-0.05, 0) is 24.6 Å². The minimum atomic E-state index is -0.609. The monoisotopic (exact) mass is 430 g/mol. The van der Waals surface area contributed by atoms with Crippen LogP contribution in [0.5, 0.6) is 11.5 Å². The average molecular weight is 430 g/mol. The molecule has 0 bridgehead atoms. The van der Waals surface area contributed by atoms with Gasteiger partial charge in [-0.25, -0.2) is 4.98 Å². The SMILES string of the molecule is C=CCSc1nc2c(c(=O)[nH]1)C(c1ccc(OCC(N)=O)c(OCC)c1)CC(=O)N2. The molecule has 158 valence electrons. The van der Waals surface area contributed by atoms with Crippen molar-refractivity contribution < 1.29 is 19.1 Å². The molecule has 0 saturated carbocycles. The second kappa shape index (κ2) is 9.49. The first-order valence-electron chi connectivity index (χ1n) is 9.28. The molecule has 1 aromatic carbocycles. The van der Waals surface area contributed by atoms with Crippen molar-refractivity contribution in [1.29, 1.82) is 0 Å². The first-order chi connectivity index (χ1) is 14.4. The summed E-state index contributed by atoms with van der Waals surface area (Å²) in [6.45, 7) is 5.53. The van der Waals surface area contributed by atoms with Crippen molar-refractivity contribution in [3.63, 3.8) is 0 Å². The Hall–Kier alpha value is -3.27. The molecule has 0 fully saturated rings. The Morgan fingerprint density at radius 2 is 2.17 bits per heavy atom. The summed E-state index contributed by atoms with van der Waals surface area (Å²) in [4.78, 5) is 43.3. The van der Waals surface area contributed by atoms with Crippen molar-refractivity contribution in [3.05, 3.63) is 52.3 Å². The second-order valence-electron chi connectivity index (χ2n) is 6.43. The first-order valence-corrected chi connectivity index (χ1v) is 10.3. The zero-order valence-corrected chi connectivity index (χ0v) is 17.2. The van der Waals surface area contributed by atoms with Crippen molar-refractivity contribution >= 4 is 29.4 Å². The molecule has 1 unspecified atom stereocenters. The number of primary amides is 1. The lowest BCUT2D eigenvalue weighted by atomic mass is 9.86. The number of benzene rings is 1. The third-order valence-corrected chi connectivity index (χ3v) is 5.18. The van der Waals surface area contributed by atoms with E-state index < -0.39 is 11.8 Å². The van der Waals surface area contributed by atoms with Crippen LogP contribution in [0.25, 0.3) is 0 Å². The van der Waals surface area contributed by atoms with Crippen LogP contribution in [0.2, 0.25) is 0 Å². The number of nitrogens with two attached hydrogens (primary N) is 1. The van der Waals surface area contributed by atoms with Gasteiger partial charge < -0.3 is 25.5 Å². The fraction of sp³-hybridized carbons (Fsp3) is 0.300. The third kappa shape index (κ3) is 4.82. The number of hydrogen-bond donors (Lipinski definition) is 3. The number of H-pyrrole nitrogens is 1. The Bertz CT molecular complexity index is 1040. The second-order valence-corrected chi connectivity index (χ2v) is 7.44. The van der Waals surface area contributed by atoms with Crippen molar-refractivity contribution in [2.24, 2.45) is 5.73 Å². The quantitative estimate of drug-likeness (QED) is 0.313. The number of thioether (sulfide) groups is 1. The molecule has 1 aliphatic rings. The Kier molecular flexibility index (Phi) is 6.78. The number of carbonyl (C=O) groups excluding carboxylic acids is 2. The van der Waals surface area contributed by atoms with Gasteiger partial charge in [-0.2, -0.15) is 0 Å². The van der Waals surface area contributed by atoms with E-state index in [2.05, 4.69) is 21.9 Å². The number of amides is 2. The van der Waals surface area contributed by atoms with E-state index >= 15 is 0 Å². The Labute approximate surface area is 177 Å². The lowest BCUT2D eigenvalue weighted by Crippen LogP contribution is -2.31. The van der Waals surface area contributed by atoms with E-state index in [1.54, 1.807) is 24.3 Å². The van der Waals surface area contributed by atoms with Crippen molar-refractivity contribution in [1.82, 2.24) is 9.97 Å². The van der Waals surface area contributed by atoms with E-state index in [-0.39, 0.29) is 30.3 Å². The molecule has 2 heterocycles. The van der Waals surface area contributed by atoms with Gasteiger partial charge in [0.2, 0.25) is 5.91 Å². The van der Waals surface area contributed by atoms with E-state index in [4.69, 9.17) is 15.2 Å². The normalized spacial score (nSPS) is 15.1. The summed E-state index contributed by atoms with van der Waals surface area (Å²) < 4.78 is 11.0. The first kappa shape index (κ1) is 21.4. The number of aromatic nitrogens is 2. The van der Waals surface area contributed by atoms with Crippen LogP contribution >= 0.6 is 11.8 Å². The fourth-order valence-electron chi connectivity index (χ4n) is 3.12. The van der Waals surface area contributed by atoms with Gasteiger partial charge in [0.25, 0.3) is 11.5 Å². The summed E-state index contributed by atoms with van der Waals surface area (Å²) >= 11 is 1.31. The van der Waals surface area contributed by atoms with E-state index in [0.29, 0.717) is 40.1 Å². The molecule has 9 nitrogen and oxygen atoms in total. The van der Waals surface area contributed by atoms with Crippen LogP contribution in [0, 0.1) is 0 Å². The van der Waals surface area contributed by atoms with Crippen LogP contribution in [0.4, 0.5) is 5.82 Å². The van der Waals surface area contributed by atoms with Gasteiger partial charge in [-0.3, -0.25) is 14.4 Å². The van der Waals surface area contributed by atoms with Gasteiger partial charge in [-0.15, -0.1) is 6.58 Å². The van der Waals surface area contributed by atoms with Crippen LogP contribution in [0.3, 0.4) is 0 Å². The lowest BCUT2D eigenvalue weighted by molar-refractivity contribution is -0.120. The number of hydrogen-bond acceptors (Lipinski definition) is 7. The zero-order valence-electron chi connectivity index (χ0n) is 16.4. The van der Waals surface area contributed by atoms with Gasteiger partial charge in [0.15, 0.2) is 23.3 Å². The number of aromatic amines is 1. The fourth-order valence-corrected chi connectivity index (χ4v) is 3.72. The highest BCUT2D eigenvalue weighted by Gasteiger charge is 2.31. The number of nitrogens with one attached hydrogen (secondary N) is 2. The Morgan fingerprint density at radius 3 is 2.87 bits per heavy atom. The third-order valence-electron chi connectivity index (χ3n) is 4.31. The number of nitrogens with zero attached hydrogens (tertiary/aromatic N) is 1. The summed E-state index contributed by atoms with van der Waals surface area (Å²) in [5.74, 6) is 0.212. The van der Waals surface area contributed by atoms with Crippen molar-refractivity contribution in [2.75, 3.05) is 24.3 Å². The van der Waals surface area contributed by atoms with E-state index in [1.165, 1.54) is 11.8 Å². The highest BCUT2D eigenvalue weighted by Crippen LogP contribution is 2.38. The summed E-state index contributed by atoms with van der Waals surface area (Å²) in [5.41, 5.74) is 5.90. The molecule has 0 saturated heterocycles.